The normalized spacial score (nSPS) is 31.6. The molecule has 2 fully saturated rings. The van der Waals surface area contributed by atoms with Gasteiger partial charge in [-0.2, -0.15) is 0 Å². The summed E-state index contributed by atoms with van der Waals surface area (Å²) in [4.78, 5) is 5.31. The fourth-order valence-corrected chi connectivity index (χ4v) is 3.87. The highest BCUT2D eigenvalue weighted by molar-refractivity contribution is 5.20. The second kappa shape index (κ2) is 6.91. The Balaban J connectivity index is 1.67. The van der Waals surface area contributed by atoms with Gasteiger partial charge in [-0.05, 0) is 37.9 Å². The van der Waals surface area contributed by atoms with Gasteiger partial charge in [0.2, 0.25) is 0 Å². The second-order valence-corrected chi connectivity index (χ2v) is 6.74. The molecule has 0 spiro atoms. The van der Waals surface area contributed by atoms with Gasteiger partial charge < -0.3 is 10.2 Å². The highest BCUT2D eigenvalue weighted by atomic mass is 15.2. The first-order valence-electron chi connectivity index (χ1n) is 8.51. The summed E-state index contributed by atoms with van der Waals surface area (Å²) < 4.78 is 0. The Morgan fingerprint density at radius 2 is 2.00 bits per heavy atom. The van der Waals surface area contributed by atoms with Gasteiger partial charge in [-0.15, -0.1) is 0 Å². The molecule has 0 bridgehead atoms. The minimum atomic E-state index is 0.540. The molecule has 116 valence electrons. The van der Waals surface area contributed by atoms with Gasteiger partial charge in [-0.3, -0.25) is 4.90 Å². The molecule has 1 aromatic carbocycles. The van der Waals surface area contributed by atoms with Gasteiger partial charge in [0.15, 0.2) is 0 Å². The van der Waals surface area contributed by atoms with E-state index < -0.39 is 0 Å². The van der Waals surface area contributed by atoms with Gasteiger partial charge in [0.1, 0.15) is 0 Å². The van der Waals surface area contributed by atoms with Crippen LogP contribution in [-0.2, 0) is 0 Å². The molecule has 0 amide bonds. The molecule has 2 saturated heterocycles. The van der Waals surface area contributed by atoms with Crippen LogP contribution < -0.4 is 5.32 Å². The third-order valence-electron chi connectivity index (χ3n) is 5.10. The molecule has 0 saturated carbocycles. The predicted molar refractivity (Wildman–Crippen MR) is 88.4 cm³/mol. The fraction of sp³-hybridized carbons (Fsp3) is 0.667. The van der Waals surface area contributed by atoms with Crippen molar-refractivity contribution in [3.63, 3.8) is 0 Å². The quantitative estimate of drug-likeness (QED) is 0.917. The van der Waals surface area contributed by atoms with E-state index >= 15 is 0 Å². The zero-order chi connectivity index (χ0) is 14.7. The maximum atomic E-state index is 3.65. The smallest absolute Gasteiger partial charge is 0.0473 e. The molecule has 21 heavy (non-hydrogen) atoms. The summed E-state index contributed by atoms with van der Waals surface area (Å²) in [6, 6.07) is 12.2. The van der Waals surface area contributed by atoms with Crippen LogP contribution in [0.1, 0.15) is 31.9 Å². The lowest BCUT2D eigenvalue weighted by Gasteiger charge is -2.41. The molecule has 1 aromatic rings. The Labute approximate surface area is 129 Å². The molecule has 3 nitrogen and oxygen atoms in total. The first-order valence-corrected chi connectivity index (χ1v) is 8.51. The van der Waals surface area contributed by atoms with Crippen molar-refractivity contribution in [2.24, 2.45) is 5.92 Å². The van der Waals surface area contributed by atoms with Crippen molar-refractivity contribution < 1.29 is 0 Å². The lowest BCUT2D eigenvalue weighted by molar-refractivity contribution is 0.115. The SMILES string of the molecule is CCN1CCC(CN2CC(C)NCC2c2ccccc2)C1. The molecule has 0 radical (unpaired) electrons. The fourth-order valence-electron chi connectivity index (χ4n) is 3.87. The molecule has 2 aliphatic rings. The van der Waals surface area contributed by atoms with E-state index in [4.69, 9.17) is 0 Å². The third kappa shape index (κ3) is 3.65. The molecule has 3 atom stereocenters. The van der Waals surface area contributed by atoms with Crippen molar-refractivity contribution in [3.05, 3.63) is 35.9 Å². The molecule has 3 heteroatoms. The molecule has 2 heterocycles. The van der Waals surface area contributed by atoms with Crippen LogP contribution in [0.25, 0.3) is 0 Å². The van der Waals surface area contributed by atoms with E-state index in [2.05, 4.69) is 59.3 Å². The molecular formula is C18H29N3. The molecular weight excluding hydrogens is 258 g/mol. The van der Waals surface area contributed by atoms with Crippen molar-refractivity contribution in [1.82, 2.24) is 15.1 Å². The van der Waals surface area contributed by atoms with E-state index in [1.54, 1.807) is 0 Å². The Morgan fingerprint density at radius 3 is 2.71 bits per heavy atom. The zero-order valence-corrected chi connectivity index (χ0v) is 13.5. The van der Waals surface area contributed by atoms with Crippen LogP contribution in [0.5, 0.6) is 0 Å². The van der Waals surface area contributed by atoms with E-state index in [9.17, 15) is 0 Å². The van der Waals surface area contributed by atoms with Gasteiger partial charge in [0, 0.05) is 38.3 Å². The molecule has 2 aliphatic heterocycles. The number of rotatable bonds is 4. The van der Waals surface area contributed by atoms with Gasteiger partial charge >= 0.3 is 0 Å². The number of likely N-dealkylation sites (tertiary alicyclic amines) is 1. The van der Waals surface area contributed by atoms with Crippen LogP contribution in [-0.4, -0.2) is 55.1 Å². The minimum Gasteiger partial charge on any atom is -0.311 e. The first-order chi connectivity index (χ1) is 10.3. The van der Waals surface area contributed by atoms with Crippen molar-refractivity contribution in [2.75, 3.05) is 39.3 Å². The van der Waals surface area contributed by atoms with Crippen molar-refractivity contribution in [2.45, 2.75) is 32.4 Å². The third-order valence-corrected chi connectivity index (χ3v) is 5.10. The standard InChI is InChI=1S/C18H29N3/c1-3-20-10-9-16(13-20)14-21-12-15(2)19-11-18(21)17-7-5-4-6-8-17/h4-8,15-16,18-19H,3,9-14H2,1-2H3. The van der Waals surface area contributed by atoms with Crippen LogP contribution in [0, 0.1) is 5.92 Å². The number of hydrogen-bond acceptors (Lipinski definition) is 3. The summed E-state index contributed by atoms with van der Waals surface area (Å²) in [6.45, 7) is 11.9. The van der Waals surface area contributed by atoms with E-state index in [1.165, 1.54) is 44.7 Å². The lowest BCUT2D eigenvalue weighted by atomic mass is 9.99. The van der Waals surface area contributed by atoms with E-state index in [1.807, 2.05) is 0 Å². The van der Waals surface area contributed by atoms with Crippen LogP contribution in [0.3, 0.4) is 0 Å². The van der Waals surface area contributed by atoms with E-state index in [0.29, 0.717) is 12.1 Å². The van der Waals surface area contributed by atoms with E-state index in [-0.39, 0.29) is 0 Å². The topological polar surface area (TPSA) is 18.5 Å². The van der Waals surface area contributed by atoms with E-state index in [0.717, 1.165) is 12.5 Å². The largest absolute Gasteiger partial charge is 0.311 e. The molecule has 1 N–H and O–H groups in total. The number of nitrogens with zero attached hydrogens (tertiary/aromatic N) is 2. The van der Waals surface area contributed by atoms with Crippen molar-refractivity contribution in [3.8, 4) is 0 Å². The average molecular weight is 287 g/mol. The van der Waals surface area contributed by atoms with Crippen molar-refractivity contribution in [1.29, 1.82) is 0 Å². The van der Waals surface area contributed by atoms with Gasteiger partial charge in [0.25, 0.3) is 0 Å². The van der Waals surface area contributed by atoms with Crippen LogP contribution >= 0.6 is 0 Å². The summed E-state index contributed by atoms with van der Waals surface area (Å²) in [5, 5.41) is 3.65. The maximum absolute atomic E-state index is 3.65. The highest BCUT2D eigenvalue weighted by Crippen LogP contribution is 2.27. The second-order valence-electron chi connectivity index (χ2n) is 6.74. The number of hydrogen-bond donors (Lipinski definition) is 1. The summed E-state index contributed by atoms with van der Waals surface area (Å²) >= 11 is 0. The lowest BCUT2D eigenvalue weighted by Crippen LogP contribution is -2.52. The van der Waals surface area contributed by atoms with Gasteiger partial charge in [-0.25, -0.2) is 0 Å². The summed E-state index contributed by atoms with van der Waals surface area (Å²) in [7, 11) is 0. The van der Waals surface area contributed by atoms with Crippen LogP contribution in [0.2, 0.25) is 0 Å². The summed E-state index contributed by atoms with van der Waals surface area (Å²) in [5.74, 6) is 0.849. The Morgan fingerprint density at radius 1 is 1.19 bits per heavy atom. The monoisotopic (exact) mass is 287 g/mol. The highest BCUT2D eigenvalue weighted by Gasteiger charge is 2.31. The molecule has 0 aromatic heterocycles. The maximum Gasteiger partial charge on any atom is 0.0473 e. The number of piperazine rings is 1. The first kappa shape index (κ1) is 15.0. The van der Waals surface area contributed by atoms with Crippen LogP contribution in [0.15, 0.2) is 30.3 Å². The van der Waals surface area contributed by atoms with Gasteiger partial charge in [-0.1, -0.05) is 37.3 Å². The zero-order valence-electron chi connectivity index (χ0n) is 13.5. The van der Waals surface area contributed by atoms with Gasteiger partial charge in [0.05, 0.1) is 0 Å². The summed E-state index contributed by atoms with van der Waals surface area (Å²) in [6.07, 6.45) is 1.37. The van der Waals surface area contributed by atoms with Crippen LogP contribution in [0.4, 0.5) is 0 Å². The molecule has 3 unspecified atom stereocenters. The summed E-state index contributed by atoms with van der Waals surface area (Å²) in [5.41, 5.74) is 1.46. The number of nitrogens with one attached hydrogen (secondary N) is 1. The molecule has 0 aliphatic carbocycles. The van der Waals surface area contributed by atoms with Crippen molar-refractivity contribution >= 4 is 0 Å². The minimum absolute atomic E-state index is 0.540. The predicted octanol–water partition coefficient (Wildman–Crippen LogP) is 2.36. The Hall–Kier alpha value is -0.900. The molecule has 3 rings (SSSR count). The number of benzene rings is 1. The average Bonchev–Trinajstić information content (AvgIpc) is 2.96. The Bertz CT molecular complexity index is 433. The Kier molecular flexibility index (Phi) is 4.94.